The van der Waals surface area contributed by atoms with E-state index < -0.39 is 19.1 Å². The molecule has 2 aromatic carbocycles. The molecule has 1 unspecified atom stereocenters. The lowest BCUT2D eigenvalue weighted by molar-refractivity contribution is 0.216. The van der Waals surface area contributed by atoms with Crippen molar-refractivity contribution in [2.45, 2.75) is 13.0 Å². The Labute approximate surface area is 195 Å². The second kappa shape index (κ2) is 9.83. The molecule has 34 heavy (non-hydrogen) atoms. The molecule has 3 aromatic rings. The summed E-state index contributed by atoms with van der Waals surface area (Å²) < 4.78 is 28.7. The van der Waals surface area contributed by atoms with Gasteiger partial charge < -0.3 is 14.6 Å². The van der Waals surface area contributed by atoms with Gasteiger partial charge >= 0.3 is 0 Å². The number of aliphatic hydroxyl groups is 1. The highest BCUT2D eigenvalue weighted by molar-refractivity contribution is 7.71. The maximum Gasteiger partial charge on any atom is 0.272 e. The number of aromatic amines is 1. The van der Waals surface area contributed by atoms with Gasteiger partial charge in [-0.2, -0.15) is 5.10 Å². The number of nitrogens with zero attached hydrogens (tertiary/aromatic N) is 4. The van der Waals surface area contributed by atoms with E-state index in [2.05, 4.69) is 26.9 Å². The van der Waals surface area contributed by atoms with Gasteiger partial charge in [-0.05, 0) is 37.4 Å². The number of fused-ring (bicyclic) bond motifs is 1. The first-order valence-corrected chi connectivity index (χ1v) is 12.9. The van der Waals surface area contributed by atoms with Crippen molar-refractivity contribution < 1.29 is 14.1 Å². The molecule has 10 heteroatoms. The van der Waals surface area contributed by atoms with Crippen LogP contribution in [0.3, 0.4) is 0 Å². The Kier molecular flexibility index (Phi) is 6.86. The fraction of sp³-hybridized carbons (Fsp3) is 0.250. The van der Waals surface area contributed by atoms with Crippen molar-refractivity contribution in [3.63, 3.8) is 0 Å². The van der Waals surface area contributed by atoms with Crippen LogP contribution in [0.1, 0.15) is 24.3 Å². The number of aliphatic imine (C=N–C) groups is 2. The van der Waals surface area contributed by atoms with Gasteiger partial charge in [0.25, 0.3) is 5.56 Å². The number of hydrogen-bond donors (Lipinski definition) is 2. The summed E-state index contributed by atoms with van der Waals surface area (Å²) in [6.45, 7) is 6.17. The highest BCUT2D eigenvalue weighted by atomic mass is 31.2. The Bertz CT molecular complexity index is 1390. The molecular formula is C24H25FN5O3P. The Morgan fingerprint density at radius 1 is 1.26 bits per heavy atom. The average molecular weight is 481 g/mol. The van der Waals surface area contributed by atoms with Gasteiger partial charge in [-0.1, -0.05) is 30.3 Å². The predicted molar refractivity (Wildman–Crippen MR) is 133 cm³/mol. The molecule has 4 rings (SSSR count). The molecule has 0 aliphatic carbocycles. The van der Waals surface area contributed by atoms with Crippen LogP contribution in [0, 0.1) is 5.82 Å². The number of aliphatic hydroxyl groups excluding tert-OH is 1. The van der Waals surface area contributed by atoms with Crippen molar-refractivity contribution in [1.29, 1.82) is 0 Å². The Balaban J connectivity index is 1.65. The van der Waals surface area contributed by atoms with Crippen molar-refractivity contribution in [2.24, 2.45) is 9.98 Å². The first kappa shape index (κ1) is 23.7. The quantitative estimate of drug-likeness (QED) is 0.338. The van der Waals surface area contributed by atoms with Crippen LogP contribution in [0.5, 0.6) is 0 Å². The molecule has 0 spiro atoms. The van der Waals surface area contributed by atoms with Gasteiger partial charge in [0.15, 0.2) is 0 Å². The largest absolute Gasteiger partial charge is 0.382 e. The maximum atomic E-state index is 14.9. The number of aromatic nitrogens is 2. The molecule has 0 saturated carbocycles. The molecule has 1 atom stereocenters. The summed E-state index contributed by atoms with van der Waals surface area (Å²) in [4.78, 5) is 22.1. The van der Waals surface area contributed by atoms with E-state index in [1.54, 1.807) is 36.5 Å². The number of nitrogens with one attached hydrogen (secondary N) is 1. The van der Waals surface area contributed by atoms with E-state index in [4.69, 9.17) is 0 Å². The highest BCUT2D eigenvalue weighted by Gasteiger charge is 2.34. The topological polar surface area (TPSA) is 111 Å². The minimum Gasteiger partial charge on any atom is -0.382 e. The van der Waals surface area contributed by atoms with Gasteiger partial charge in [-0.15, -0.1) is 0 Å². The van der Waals surface area contributed by atoms with Gasteiger partial charge in [-0.3, -0.25) is 4.79 Å². The summed E-state index contributed by atoms with van der Waals surface area (Å²) in [5.74, 6) is -0.137. The number of benzene rings is 2. The minimum absolute atomic E-state index is 0.107. The first-order valence-electron chi connectivity index (χ1n) is 10.8. The van der Waals surface area contributed by atoms with Crippen LogP contribution < -0.4 is 10.9 Å². The van der Waals surface area contributed by atoms with Crippen LogP contribution in [0.25, 0.3) is 10.8 Å². The lowest BCUT2D eigenvalue weighted by Crippen LogP contribution is -2.40. The van der Waals surface area contributed by atoms with Crippen LogP contribution >= 0.6 is 7.14 Å². The maximum absolute atomic E-state index is 14.9. The number of rotatable bonds is 4. The Hall–Kier alpha value is -3.42. The van der Waals surface area contributed by atoms with Crippen molar-refractivity contribution in [3.8, 4) is 0 Å². The number of guanidine groups is 1. The molecule has 2 N–H and O–H groups in total. The summed E-state index contributed by atoms with van der Waals surface area (Å²) in [6.07, 6.45) is 2.63. The Morgan fingerprint density at radius 3 is 2.65 bits per heavy atom. The standard InChI is InChI=1S/C24H25FN5O3P/c1-3-10-27-24(26-2)30-11-13-34(33,14-12-30)20-15-16(8-9-19(20)25)22(31)21-17-6-4-5-7-18(17)23(32)29-28-21/h3-10,15,22,31H,2,11-14H2,1H3,(H,29,32)/b10-3-,27-24?. The van der Waals surface area contributed by atoms with Crippen LogP contribution in [0.2, 0.25) is 0 Å². The van der Waals surface area contributed by atoms with Gasteiger partial charge in [0.1, 0.15) is 24.8 Å². The summed E-state index contributed by atoms with van der Waals surface area (Å²) in [5, 5.41) is 18.5. The van der Waals surface area contributed by atoms with Gasteiger partial charge in [-0.25, -0.2) is 19.5 Å². The van der Waals surface area contributed by atoms with Crippen LogP contribution in [-0.4, -0.2) is 58.3 Å². The van der Waals surface area contributed by atoms with Crippen LogP contribution in [0.15, 0.2) is 69.5 Å². The van der Waals surface area contributed by atoms with E-state index in [0.29, 0.717) is 35.4 Å². The normalized spacial score (nSPS) is 17.3. The van der Waals surface area contributed by atoms with Gasteiger partial charge in [0.2, 0.25) is 5.96 Å². The number of H-pyrrole nitrogens is 1. The fourth-order valence-electron chi connectivity index (χ4n) is 4.11. The summed E-state index contributed by atoms with van der Waals surface area (Å²) in [6, 6.07) is 10.9. The summed E-state index contributed by atoms with van der Waals surface area (Å²) in [5.41, 5.74) is 0.221. The molecule has 1 aromatic heterocycles. The molecule has 176 valence electrons. The molecule has 8 nitrogen and oxygen atoms in total. The monoisotopic (exact) mass is 481 g/mol. The number of halogens is 1. The molecular weight excluding hydrogens is 456 g/mol. The molecule has 1 saturated heterocycles. The van der Waals surface area contributed by atoms with E-state index in [-0.39, 0.29) is 28.9 Å². The highest BCUT2D eigenvalue weighted by Crippen LogP contribution is 2.47. The zero-order valence-electron chi connectivity index (χ0n) is 18.7. The molecule has 0 amide bonds. The molecule has 1 fully saturated rings. The van der Waals surface area contributed by atoms with E-state index >= 15 is 0 Å². The first-order chi connectivity index (χ1) is 16.4. The summed E-state index contributed by atoms with van der Waals surface area (Å²) in [7, 11) is -3.07. The zero-order valence-corrected chi connectivity index (χ0v) is 19.6. The molecule has 1 aliphatic rings. The van der Waals surface area contributed by atoms with Gasteiger partial charge in [0.05, 0.1) is 5.39 Å². The van der Waals surface area contributed by atoms with Crippen molar-refractivity contribution >= 4 is 35.9 Å². The average Bonchev–Trinajstić information content (AvgIpc) is 2.86. The zero-order chi connectivity index (χ0) is 24.3. The van der Waals surface area contributed by atoms with Gasteiger partial charge in [0, 0.05) is 42.3 Å². The lowest BCUT2D eigenvalue weighted by Gasteiger charge is -2.33. The third-order valence-electron chi connectivity index (χ3n) is 5.94. The van der Waals surface area contributed by atoms with Crippen molar-refractivity contribution in [3.05, 3.63) is 82.2 Å². The van der Waals surface area contributed by atoms with Crippen molar-refractivity contribution in [2.75, 3.05) is 25.4 Å². The lowest BCUT2D eigenvalue weighted by atomic mass is 10.0. The molecule has 0 radical (unpaired) electrons. The Morgan fingerprint density at radius 2 is 1.97 bits per heavy atom. The second-order valence-electron chi connectivity index (χ2n) is 7.99. The third-order valence-corrected chi connectivity index (χ3v) is 9.00. The van der Waals surface area contributed by atoms with Crippen LogP contribution in [0.4, 0.5) is 4.39 Å². The smallest absolute Gasteiger partial charge is 0.272 e. The third kappa shape index (κ3) is 4.49. The van der Waals surface area contributed by atoms with E-state index in [9.17, 15) is 18.9 Å². The molecule has 1 aliphatic heterocycles. The number of allylic oxidation sites excluding steroid dienone is 1. The summed E-state index contributed by atoms with van der Waals surface area (Å²) >= 11 is 0. The SMILES string of the molecule is C=NC(=N/C=C\C)N1CCP(=O)(c2cc(C(O)c3n[nH]c(=O)c4ccccc34)ccc2F)CC1. The predicted octanol–water partition coefficient (Wildman–Crippen LogP) is 3.04. The van der Waals surface area contributed by atoms with Crippen molar-refractivity contribution in [1.82, 2.24) is 15.1 Å². The fourth-order valence-corrected chi connectivity index (χ4v) is 6.79. The number of hydrogen-bond acceptors (Lipinski definition) is 5. The van der Waals surface area contributed by atoms with Crippen LogP contribution in [-0.2, 0) is 4.57 Å². The second-order valence-corrected chi connectivity index (χ2v) is 11.1. The van der Waals surface area contributed by atoms with E-state index in [0.717, 1.165) is 0 Å². The molecule has 2 heterocycles. The minimum atomic E-state index is -3.07. The molecule has 0 bridgehead atoms. The van der Waals surface area contributed by atoms with E-state index in [1.165, 1.54) is 18.2 Å². The van der Waals surface area contributed by atoms with E-state index in [1.807, 2.05) is 11.8 Å².